The van der Waals surface area contributed by atoms with Crippen LogP contribution in [0.1, 0.15) is 26.3 Å². The second kappa shape index (κ2) is 4.09. The van der Waals surface area contributed by atoms with Crippen molar-refractivity contribution in [1.82, 2.24) is 0 Å². The molecule has 1 aromatic rings. The van der Waals surface area contributed by atoms with Crippen LogP contribution >= 0.6 is 23.2 Å². The Balaban J connectivity index is 3.18. The van der Waals surface area contributed by atoms with Gasteiger partial charge in [0, 0.05) is 15.6 Å². The summed E-state index contributed by atoms with van der Waals surface area (Å²) in [5.41, 5.74) is 6.78. The zero-order chi connectivity index (χ0) is 10.9. The molecule has 0 amide bonds. The Morgan fingerprint density at radius 1 is 1.14 bits per heavy atom. The highest BCUT2D eigenvalue weighted by atomic mass is 35.5. The second-order valence-corrected chi connectivity index (χ2v) is 4.97. The van der Waals surface area contributed by atoms with Gasteiger partial charge in [-0.15, -0.1) is 0 Å². The molecule has 0 aromatic heterocycles. The van der Waals surface area contributed by atoms with Crippen LogP contribution in [0.3, 0.4) is 0 Å². The summed E-state index contributed by atoms with van der Waals surface area (Å²) in [7, 11) is 0. The molecule has 3 heteroatoms. The van der Waals surface area contributed by atoms with Gasteiger partial charge in [-0.05, 0) is 36.6 Å². The third-order valence-corrected chi connectivity index (χ3v) is 3.12. The van der Waals surface area contributed by atoms with Crippen molar-refractivity contribution in [1.29, 1.82) is 0 Å². The molecule has 0 saturated heterocycles. The number of hydrogen-bond donors (Lipinski definition) is 1. The van der Waals surface area contributed by atoms with Gasteiger partial charge in [0.25, 0.3) is 0 Å². The molecular weight excluding hydrogens is 217 g/mol. The van der Waals surface area contributed by atoms with E-state index in [9.17, 15) is 0 Å². The average Bonchev–Trinajstić information content (AvgIpc) is 2.01. The van der Waals surface area contributed by atoms with Gasteiger partial charge in [0.05, 0.1) is 0 Å². The SMILES string of the molecule is CC(C)[C@@](C)(N)c1cc(Cl)cc(Cl)c1. The first-order chi connectivity index (χ1) is 6.34. The zero-order valence-corrected chi connectivity index (χ0v) is 10.2. The van der Waals surface area contributed by atoms with Crippen LogP contribution in [0.4, 0.5) is 0 Å². The van der Waals surface area contributed by atoms with Crippen molar-refractivity contribution in [2.24, 2.45) is 11.7 Å². The van der Waals surface area contributed by atoms with Crippen molar-refractivity contribution in [3.05, 3.63) is 33.8 Å². The minimum atomic E-state index is -0.394. The van der Waals surface area contributed by atoms with E-state index < -0.39 is 5.54 Å². The predicted octanol–water partition coefficient (Wildman–Crippen LogP) is 3.82. The van der Waals surface area contributed by atoms with Crippen LogP contribution in [0.5, 0.6) is 0 Å². The van der Waals surface area contributed by atoms with Crippen molar-refractivity contribution in [2.75, 3.05) is 0 Å². The van der Waals surface area contributed by atoms with E-state index in [1.165, 1.54) is 0 Å². The second-order valence-electron chi connectivity index (χ2n) is 4.10. The Morgan fingerprint density at radius 3 is 1.93 bits per heavy atom. The zero-order valence-electron chi connectivity index (χ0n) is 8.64. The lowest BCUT2D eigenvalue weighted by Gasteiger charge is -2.30. The Morgan fingerprint density at radius 2 is 1.57 bits per heavy atom. The normalized spacial score (nSPS) is 15.6. The van der Waals surface area contributed by atoms with E-state index in [4.69, 9.17) is 28.9 Å². The molecule has 0 aliphatic carbocycles. The van der Waals surface area contributed by atoms with Crippen LogP contribution < -0.4 is 5.73 Å². The van der Waals surface area contributed by atoms with Crippen molar-refractivity contribution >= 4 is 23.2 Å². The molecular formula is C11H15Cl2N. The van der Waals surface area contributed by atoms with Crippen molar-refractivity contribution in [2.45, 2.75) is 26.3 Å². The maximum atomic E-state index is 6.20. The van der Waals surface area contributed by atoms with E-state index in [2.05, 4.69) is 13.8 Å². The molecule has 0 aliphatic rings. The summed E-state index contributed by atoms with van der Waals surface area (Å²) in [6.45, 7) is 6.14. The molecule has 0 radical (unpaired) electrons. The molecule has 0 saturated carbocycles. The molecule has 1 atom stereocenters. The molecule has 0 aliphatic heterocycles. The predicted molar refractivity (Wildman–Crippen MR) is 62.8 cm³/mol. The van der Waals surface area contributed by atoms with E-state index >= 15 is 0 Å². The first-order valence-corrected chi connectivity index (χ1v) is 5.35. The summed E-state index contributed by atoms with van der Waals surface area (Å²) in [4.78, 5) is 0. The summed E-state index contributed by atoms with van der Waals surface area (Å²) in [6, 6.07) is 5.45. The third-order valence-electron chi connectivity index (χ3n) is 2.68. The highest BCUT2D eigenvalue weighted by Crippen LogP contribution is 2.30. The van der Waals surface area contributed by atoms with Crippen molar-refractivity contribution in [3.63, 3.8) is 0 Å². The summed E-state index contributed by atoms with van der Waals surface area (Å²) in [6.07, 6.45) is 0. The first kappa shape index (κ1) is 11.8. The largest absolute Gasteiger partial charge is 0.321 e. The number of benzene rings is 1. The van der Waals surface area contributed by atoms with E-state index in [0.717, 1.165) is 5.56 Å². The maximum absolute atomic E-state index is 6.20. The molecule has 0 unspecified atom stereocenters. The first-order valence-electron chi connectivity index (χ1n) is 4.59. The Hall–Kier alpha value is -0.240. The fourth-order valence-electron chi connectivity index (χ4n) is 1.20. The highest BCUT2D eigenvalue weighted by Gasteiger charge is 2.25. The third kappa shape index (κ3) is 2.41. The maximum Gasteiger partial charge on any atom is 0.0424 e. The summed E-state index contributed by atoms with van der Waals surface area (Å²) in [5.74, 6) is 0.331. The van der Waals surface area contributed by atoms with Gasteiger partial charge >= 0.3 is 0 Å². The molecule has 1 aromatic carbocycles. The minimum Gasteiger partial charge on any atom is -0.321 e. The number of rotatable bonds is 2. The smallest absolute Gasteiger partial charge is 0.0424 e. The molecule has 14 heavy (non-hydrogen) atoms. The topological polar surface area (TPSA) is 26.0 Å². The lowest BCUT2D eigenvalue weighted by Crippen LogP contribution is -2.38. The van der Waals surface area contributed by atoms with Crippen LogP contribution in [0, 0.1) is 5.92 Å². The minimum absolute atomic E-state index is 0.331. The Labute approximate surface area is 95.2 Å². The fraction of sp³-hybridized carbons (Fsp3) is 0.455. The number of halogens is 2. The Bertz CT molecular complexity index is 312. The van der Waals surface area contributed by atoms with Gasteiger partial charge in [-0.3, -0.25) is 0 Å². The van der Waals surface area contributed by atoms with Crippen LogP contribution in [0.15, 0.2) is 18.2 Å². The van der Waals surface area contributed by atoms with E-state index in [0.29, 0.717) is 16.0 Å². The number of hydrogen-bond acceptors (Lipinski definition) is 1. The Kier molecular flexibility index (Phi) is 3.46. The molecule has 78 valence electrons. The lowest BCUT2D eigenvalue weighted by atomic mass is 9.83. The van der Waals surface area contributed by atoms with Gasteiger partial charge in [-0.2, -0.15) is 0 Å². The molecule has 2 N–H and O–H groups in total. The molecule has 0 spiro atoms. The molecule has 0 heterocycles. The van der Waals surface area contributed by atoms with Gasteiger partial charge in [-0.1, -0.05) is 37.0 Å². The van der Waals surface area contributed by atoms with Crippen molar-refractivity contribution in [3.8, 4) is 0 Å². The van der Waals surface area contributed by atoms with Crippen LogP contribution in [0.2, 0.25) is 10.0 Å². The molecule has 1 nitrogen and oxygen atoms in total. The molecule has 0 bridgehead atoms. The van der Waals surface area contributed by atoms with Crippen LogP contribution in [-0.4, -0.2) is 0 Å². The lowest BCUT2D eigenvalue weighted by molar-refractivity contribution is 0.350. The van der Waals surface area contributed by atoms with Gasteiger partial charge in [0.1, 0.15) is 0 Å². The summed E-state index contributed by atoms with van der Waals surface area (Å²) >= 11 is 11.8. The average molecular weight is 232 g/mol. The molecule has 0 fully saturated rings. The highest BCUT2D eigenvalue weighted by molar-refractivity contribution is 6.34. The summed E-state index contributed by atoms with van der Waals surface area (Å²) < 4.78 is 0. The van der Waals surface area contributed by atoms with E-state index in [1.54, 1.807) is 6.07 Å². The van der Waals surface area contributed by atoms with Gasteiger partial charge in [0.2, 0.25) is 0 Å². The van der Waals surface area contributed by atoms with Gasteiger partial charge in [-0.25, -0.2) is 0 Å². The quantitative estimate of drug-likeness (QED) is 0.823. The monoisotopic (exact) mass is 231 g/mol. The van der Waals surface area contributed by atoms with Crippen molar-refractivity contribution < 1.29 is 0 Å². The number of nitrogens with two attached hydrogens (primary N) is 1. The van der Waals surface area contributed by atoms with E-state index in [1.807, 2.05) is 19.1 Å². The van der Waals surface area contributed by atoms with Crippen LogP contribution in [-0.2, 0) is 5.54 Å². The van der Waals surface area contributed by atoms with E-state index in [-0.39, 0.29) is 0 Å². The molecule has 1 rings (SSSR count). The van der Waals surface area contributed by atoms with Gasteiger partial charge < -0.3 is 5.73 Å². The standard InChI is InChI=1S/C11H15Cl2N/c1-7(2)11(3,14)8-4-9(12)6-10(13)5-8/h4-7H,14H2,1-3H3/t11-/m1/s1. The van der Waals surface area contributed by atoms with Gasteiger partial charge in [0.15, 0.2) is 0 Å². The van der Waals surface area contributed by atoms with Crippen LogP contribution in [0.25, 0.3) is 0 Å². The summed E-state index contributed by atoms with van der Waals surface area (Å²) in [5, 5.41) is 1.26. The fourth-order valence-corrected chi connectivity index (χ4v) is 1.72.